The standard InChI is InChI=1S/C18H29N3O4S/c1-26(23,24)21(11-10-20-12-14-25-15-13-20)16-18(22)19-9-5-8-17-6-3-2-4-7-17/h2-4,6-7H,5,8-16H2,1H3,(H,19,22). The quantitative estimate of drug-likeness (QED) is 0.589. The number of nitrogens with one attached hydrogen (secondary N) is 1. The Morgan fingerprint density at radius 3 is 2.58 bits per heavy atom. The molecule has 0 aromatic heterocycles. The fraction of sp³-hybridized carbons (Fsp3) is 0.611. The molecule has 26 heavy (non-hydrogen) atoms. The molecule has 1 heterocycles. The molecule has 2 rings (SSSR count). The van der Waals surface area contributed by atoms with Gasteiger partial charge in [-0.1, -0.05) is 30.3 Å². The van der Waals surface area contributed by atoms with Gasteiger partial charge in [0.25, 0.3) is 0 Å². The highest BCUT2D eigenvalue weighted by atomic mass is 32.2. The Kier molecular flexibility index (Phi) is 8.50. The van der Waals surface area contributed by atoms with Gasteiger partial charge in [-0.15, -0.1) is 0 Å². The van der Waals surface area contributed by atoms with Gasteiger partial charge in [-0.3, -0.25) is 9.69 Å². The lowest BCUT2D eigenvalue weighted by molar-refractivity contribution is -0.121. The summed E-state index contributed by atoms with van der Waals surface area (Å²) in [4.78, 5) is 14.3. The number of ether oxygens (including phenoxy) is 1. The maximum atomic E-state index is 12.1. The molecule has 1 amide bonds. The van der Waals surface area contributed by atoms with Crippen LogP contribution in [0.25, 0.3) is 0 Å². The van der Waals surface area contributed by atoms with Crippen LogP contribution >= 0.6 is 0 Å². The molecular weight excluding hydrogens is 354 g/mol. The van der Waals surface area contributed by atoms with Gasteiger partial charge < -0.3 is 10.1 Å². The van der Waals surface area contributed by atoms with Crippen molar-refractivity contribution >= 4 is 15.9 Å². The minimum absolute atomic E-state index is 0.130. The smallest absolute Gasteiger partial charge is 0.235 e. The largest absolute Gasteiger partial charge is 0.379 e. The van der Waals surface area contributed by atoms with Crippen LogP contribution in [0.15, 0.2) is 30.3 Å². The molecule has 0 bridgehead atoms. The Bertz CT molecular complexity index is 646. The first-order valence-electron chi connectivity index (χ1n) is 9.01. The Hall–Kier alpha value is -1.48. The van der Waals surface area contributed by atoms with Crippen LogP contribution < -0.4 is 5.32 Å². The summed E-state index contributed by atoms with van der Waals surface area (Å²) in [6, 6.07) is 10.1. The van der Waals surface area contributed by atoms with Crippen molar-refractivity contribution in [3.05, 3.63) is 35.9 Å². The number of hydrogen-bond acceptors (Lipinski definition) is 5. The van der Waals surface area contributed by atoms with Crippen molar-refractivity contribution in [3.63, 3.8) is 0 Å². The van der Waals surface area contributed by atoms with Gasteiger partial charge >= 0.3 is 0 Å². The van der Waals surface area contributed by atoms with E-state index in [1.54, 1.807) is 0 Å². The van der Waals surface area contributed by atoms with E-state index in [0.717, 1.165) is 32.2 Å². The number of rotatable bonds is 10. The van der Waals surface area contributed by atoms with Crippen LogP contribution in [-0.2, 0) is 26.0 Å². The summed E-state index contributed by atoms with van der Waals surface area (Å²) in [5.41, 5.74) is 1.23. The van der Waals surface area contributed by atoms with E-state index in [2.05, 4.69) is 22.3 Å². The predicted molar refractivity (Wildman–Crippen MR) is 101 cm³/mol. The molecule has 0 atom stereocenters. The zero-order valence-electron chi connectivity index (χ0n) is 15.4. The summed E-state index contributed by atoms with van der Waals surface area (Å²) >= 11 is 0. The molecule has 1 aromatic carbocycles. The van der Waals surface area contributed by atoms with Gasteiger partial charge in [0.15, 0.2) is 0 Å². The molecule has 0 radical (unpaired) electrons. The first-order chi connectivity index (χ1) is 12.4. The zero-order valence-corrected chi connectivity index (χ0v) is 16.2. The van der Waals surface area contributed by atoms with Gasteiger partial charge in [0.1, 0.15) is 0 Å². The highest BCUT2D eigenvalue weighted by Gasteiger charge is 2.21. The Morgan fingerprint density at radius 1 is 1.23 bits per heavy atom. The number of sulfonamides is 1. The minimum atomic E-state index is -3.42. The lowest BCUT2D eigenvalue weighted by Gasteiger charge is -2.29. The van der Waals surface area contributed by atoms with Gasteiger partial charge in [-0.2, -0.15) is 4.31 Å². The number of carbonyl (C=O) groups excluding carboxylic acids is 1. The van der Waals surface area contributed by atoms with E-state index in [1.807, 2.05) is 18.2 Å². The number of aryl methyl sites for hydroxylation is 1. The number of nitrogens with zero attached hydrogens (tertiary/aromatic N) is 2. The fourth-order valence-corrected chi connectivity index (χ4v) is 3.59. The van der Waals surface area contributed by atoms with E-state index in [0.29, 0.717) is 32.8 Å². The highest BCUT2D eigenvalue weighted by molar-refractivity contribution is 7.88. The van der Waals surface area contributed by atoms with Gasteiger partial charge in [-0.05, 0) is 18.4 Å². The maximum Gasteiger partial charge on any atom is 0.235 e. The molecule has 0 aliphatic carbocycles. The zero-order chi connectivity index (χ0) is 18.8. The third kappa shape index (κ3) is 7.82. The highest BCUT2D eigenvalue weighted by Crippen LogP contribution is 2.03. The monoisotopic (exact) mass is 383 g/mol. The molecule has 1 aliphatic heterocycles. The van der Waals surface area contributed by atoms with Crippen molar-refractivity contribution < 1.29 is 17.9 Å². The number of hydrogen-bond donors (Lipinski definition) is 1. The molecule has 0 saturated carbocycles. The van der Waals surface area contributed by atoms with Crippen molar-refractivity contribution in [2.45, 2.75) is 12.8 Å². The van der Waals surface area contributed by atoms with Crippen LogP contribution in [-0.4, -0.2) is 82.3 Å². The molecule has 1 N–H and O–H groups in total. The lowest BCUT2D eigenvalue weighted by atomic mass is 10.1. The summed E-state index contributed by atoms with van der Waals surface area (Å²) in [7, 11) is -3.42. The molecule has 8 heteroatoms. The van der Waals surface area contributed by atoms with E-state index in [4.69, 9.17) is 4.74 Å². The Labute approximate surface area is 156 Å². The van der Waals surface area contributed by atoms with Crippen LogP contribution in [0.4, 0.5) is 0 Å². The maximum absolute atomic E-state index is 12.1. The van der Waals surface area contributed by atoms with Crippen LogP contribution in [0, 0.1) is 0 Å². The second kappa shape index (κ2) is 10.6. The summed E-state index contributed by atoms with van der Waals surface area (Å²) < 4.78 is 30.4. The molecule has 1 aromatic rings. The van der Waals surface area contributed by atoms with Crippen molar-refractivity contribution in [3.8, 4) is 0 Å². The van der Waals surface area contributed by atoms with E-state index < -0.39 is 10.0 Å². The SMILES string of the molecule is CS(=O)(=O)N(CCN1CCOCC1)CC(=O)NCCCc1ccccc1. The molecule has 146 valence electrons. The first kappa shape index (κ1) is 20.8. The fourth-order valence-electron chi connectivity index (χ4n) is 2.82. The van der Waals surface area contributed by atoms with E-state index in [1.165, 1.54) is 9.87 Å². The number of morpholine rings is 1. The summed E-state index contributed by atoms with van der Waals surface area (Å²) in [5, 5.41) is 2.81. The second-order valence-electron chi connectivity index (χ2n) is 6.49. The molecular formula is C18H29N3O4S. The number of amides is 1. The van der Waals surface area contributed by atoms with Crippen LogP contribution in [0.3, 0.4) is 0 Å². The number of carbonyl (C=O) groups is 1. The normalized spacial score (nSPS) is 15.9. The van der Waals surface area contributed by atoms with E-state index in [-0.39, 0.29) is 12.5 Å². The second-order valence-corrected chi connectivity index (χ2v) is 8.47. The Balaban J connectivity index is 1.71. The van der Waals surface area contributed by atoms with Gasteiger partial charge in [-0.25, -0.2) is 8.42 Å². The summed E-state index contributed by atoms with van der Waals surface area (Å²) in [6.07, 6.45) is 2.85. The van der Waals surface area contributed by atoms with Crippen molar-refractivity contribution in [2.75, 3.05) is 58.7 Å². The summed E-state index contributed by atoms with van der Waals surface area (Å²) in [5.74, 6) is -0.259. The molecule has 1 aliphatic rings. The molecule has 0 spiro atoms. The van der Waals surface area contributed by atoms with Crippen LogP contribution in [0.2, 0.25) is 0 Å². The van der Waals surface area contributed by atoms with E-state index >= 15 is 0 Å². The lowest BCUT2D eigenvalue weighted by Crippen LogP contribution is -2.46. The first-order valence-corrected chi connectivity index (χ1v) is 10.9. The minimum Gasteiger partial charge on any atom is -0.379 e. The van der Waals surface area contributed by atoms with Crippen molar-refractivity contribution in [2.24, 2.45) is 0 Å². The average Bonchev–Trinajstić information content (AvgIpc) is 2.63. The number of benzene rings is 1. The van der Waals surface area contributed by atoms with Gasteiger partial charge in [0.05, 0.1) is 26.0 Å². The Morgan fingerprint density at radius 2 is 1.92 bits per heavy atom. The topological polar surface area (TPSA) is 79.0 Å². The predicted octanol–water partition coefficient (Wildman–Crippen LogP) is 0.329. The molecule has 0 unspecified atom stereocenters. The third-order valence-corrected chi connectivity index (χ3v) is 5.62. The third-order valence-electron chi connectivity index (χ3n) is 4.37. The van der Waals surface area contributed by atoms with Gasteiger partial charge in [0.2, 0.25) is 15.9 Å². The van der Waals surface area contributed by atoms with Crippen LogP contribution in [0.1, 0.15) is 12.0 Å². The van der Waals surface area contributed by atoms with Crippen molar-refractivity contribution in [1.82, 2.24) is 14.5 Å². The van der Waals surface area contributed by atoms with E-state index in [9.17, 15) is 13.2 Å². The molecule has 1 saturated heterocycles. The average molecular weight is 384 g/mol. The molecule has 1 fully saturated rings. The van der Waals surface area contributed by atoms with Gasteiger partial charge in [0, 0.05) is 32.7 Å². The molecule has 7 nitrogen and oxygen atoms in total. The summed E-state index contributed by atoms with van der Waals surface area (Å²) in [6.45, 7) is 4.26. The van der Waals surface area contributed by atoms with Crippen LogP contribution in [0.5, 0.6) is 0 Å². The van der Waals surface area contributed by atoms with Crippen molar-refractivity contribution in [1.29, 1.82) is 0 Å².